The number of nitrogens with zero attached hydrogens (tertiary/aromatic N) is 3. The van der Waals surface area contributed by atoms with Gasteiger partial charge in [0, 0.05) is 35.8 Å². The summed E-state index contributed by atoms with van der Waals surface area (Å²) in [7, 11) is 0. The van der Waals surface area contributed by atoms with Gasteiger partial charge in [-0.2, -0.15) is 0 Å². The summed E-state index contributed by atoms with van der Waals surface area (Å²) in [5, 5.41) is 1.20. The van der Waals surface area contributed by atoms with E-state index < -0.39 is 5.91 Å². The van der Waals surface area contributed by atoms with Gasteiger partial charge >= 0.3 is 0 Å². The molecule has 1 aromatic heterocycles. The second-order valence-corrected chi connectivity index (χ2v) is 9.35. The predicted molar refractivity (Wildman–Crippen MR) is 149 cm³/mol. The van der Waals surface area contributed by atoms with Crippen LogP contribution in [0.2, 0.25) is 0 Å². The van der Waals surface area contributed by atoms with E-state index in [0.717, 1.165) is 22.9 Å². The fraction of sp³-hybridized carbons (Fsp3) is 0.167. The molecule has 2 amide bonds. The third-order valence-corrected chi connectivity index (χ3v) is 6.79. The fourth-order valence-corrected chi connectivity index (χ4v) is 4.93. The molecule has 1 aliphatic rings. The SMILES string of the molecule is CCCN1C(=O)/C(=C\c2cn(Cc3ccc(C)cc3)c3ccccc23)C(=O)N(c2ccccc2)C1=S. The van der Waals surface area contributed by atoms with Crippen molar-refractivity contribution in [1.29, 1.82) is 0 Å². The van der Waals surface area contributed by atoms with Gasteiger partial charge in [-0.3, -0.25) is 19.4 Å². The van der Waals surface area contributed by atoms with E-state index in [-0.39, 0.29) is 16.6 Å². The zero-order valence-electron chi connectivity index (χ0n) is 20.3. The molecule has 0 radical (unpaired) electrons. The second kappa shape index (κ2) is 9.91. The van der Waals surface area contributed by atoms with Crippen molar-refractivity contribution in [2.45, 2.75) is 26.8 Å². The smallest absolute Gasteiger partial charge is 0.270 e. The van der Waals surface area contributed by atoms with Crippen molar-refractivity contribution in [3.05, 3.63) is 107 Å². The summed E-state index contributed by atoms with van der Waals surface area (Å²) in [5.74, 6) is -0.756. The van der Waals surface area contributed by atoms with Gasteiger partial charge in [-0.25, -0.2) is 0 Å². The number of aromatic nitrogens is 1. The summed E-state index contributed by atoms with van der Waals surface area (Å²) in [4.78, 5) is 30.2. The van der Waals surface area contributed by atoms with Crippen molar-refractivity contribution in [3.63, 3.8) is 0 Å². The highest BCUT2D eigenvalue weighted by molar-refractivity contribution is 7.80. The summed E-state index contributed by atoms with van der Waals surface area (Å²) in [6, 6.07) is 25.8. The number of para-hydroxylation sites is 2. The van der Waals surface area contributed by atoms with Gasteiger partial charge in [-0.05, 0) is 55.4 Å². The van der Waals surface area contributed by atoms with E-state index in [4.69, 9.17) is 12.2 Å². The zero-order valence-corrected chi connectivity index (χ0v) is 21.2. The molecule has 0 N–H and O–H groups in total. The van der Waals surface area contributed by atoms with Crippen LogP contribution in [-0.2, 0) is 16.1 Å². The Morgan fingerprint density at radius 2 is 1.56 bits per heavy atom. The molecule has 36 heavy (non-hydrogen) atoms. The maximum atomic E-state index is 13.7. The molecule has 0 atom stereocenters. The Morgan fingerprint density at radius 3 is 2.28 bits per heavy atom. The van der Waals surface area contributed by atoms with E-state index in [2.05, 4.69) is 41.8 Å². The topological polar surface area (TPSA) is 45.6 Å². The first-order valence-electron chi connectivity index (χ1n) is 12.1. The first kappa shape index (κ1) is 23.7. The van der Waals surface area contributed by atoms with Gasteiger partial charge in [0.2, 0.25) is 0 Å². The molecule has 6 heteroatoms. The first-order chi connectivity index (χ1) is 17.5. The van der Waals surface area contributed by atoms with Gasteiger partial charge in [0.25, 0.3) is 11.8 Å². The molecule has 2 heterocycles. The molecule has 3 aromatic carbocycles. The quantitative estimate of drug-likeness (QED) is 0.189. The van der Waals surface area contributed by atoms with Crippen molar-refractivity contribution in [1.82, 2.24) is 9.47 Å². The normalized spacial score (nSPS) is 15.4. The average Bonchev–Trinajstić information content (AvgIpc) is 3.23. The van der Waals surface area contributed by atoms with Gasteiger partial charge in [0.1, 0.15) is 5.57 Å². The lowest BCUT2D eigenvalue weighted by molar-refractivity contribution is -0.127. The minimum absolute atomic E-state index is 0.110. The number of fused-ring (bicyclic) bond motifs is 1. The van der Waals surface area contributed by atoms with Crippen LogP contribution in [0.4, 0.5) is 5.69 Å². The Morgan fingerprint density at radius 1 is 0.861 bits per heavy atom. The highest BCUT2D eigenvalue weighted by Gasteiger charge is 2.40. The monoisotopic (exact) mass is 493 g/mol. The van der Waals surface area contributed by atoms with Crippen LogP contribution in [-0.4, -0.2) is 32.9 Å². The number of amides is 2. The molecule has 0 aliphatic carbocycles. The van der Waals surface area contributed by atoms with E-state index in [1.807, 2.05) is 61.7 Å². The lowest BCUT2D eigenvalue weighted by Crippen LogP contribution is -2.56. The van der Waals surface area contributed by atoms with Crippen LogP contribution in [0.1, 0.15) is 30.0 Å². The van der Waals surface area contributed by atoms with Crippen LogP contribution in [0.25, 0.3) is 17.0 Å². The average molecular weight is 494 g/mol. The van der Waals surface area contributed by atoms with Crippen LogP contribution in [0.3, 0.4) is 0 Å². The van der Waals surface area contributed by atoms with E-state index in [1.54, 1.807) is 6.08 Å². The molecule has 0 unspecified atom stereocenters. The number of hydrogen-bond acceptors (Lipinski definition) is 3. The minimum atomic E-state index is -0.404. The Labute approximate surface area is 216 Å². The molecule has 1 aliphatic heterocycles. The van der Waals surface area contributed by atoms with Gasteiger partial charge in [0.05, 0.1) is 5.69 Å². The molecule has 1 saturated heterocycles. The molecular weight excluding hydrogens is 466 g/mol. The number of carbonyl (C=O) groups excluding carboxylic acids is 2. The number of rotatable bonds is 6. The van der Waals surface area contributed by atoms with Crippen molar-refractivity contribution >= 4 is 51.8 Å². The van der Waals surface area contributed by atoms with E-state index in [9.17, 15) is 9.59 Å². The Hall–Kier alpha value is -4.03. The number of anilines is 1. The van der Waals surface area contributed by atoms with Crippen molar-refractivity contribution in [2.75, 3.05) is 11.4 Å². The third kappa shape index (κ3) is 4.36. The Kier molecular flexibility index (Phi) is 6.53. The third-order valence-electron chi connectivity index (χ3n) is 6.39. The number of thiocarbonyl (C=S) groups is 1. The van der Waals surface area contributed by atoms with Gasteiger partial charge < -0.3 is 4.57 Å². The number of carbonyl (C=O) groups is 2. The van der Waals surface area contributed by atoms with Gasteiger partial charge in [-0.15, -0.1) is 0 Å². The van der Waals surface area contributed by atoms with E-state index in [1.165, 1.54) is 20.9 Å². The van der Waals surface area contributed by atoms with Crippen molar-refractivity contribution < 1.29 is 9.59 Å². The van der Waals surface area contributed by atoms with Crippen LogP contribution in [0.15, 0.2) is 90.6 Å². The maximum absolute atomic E-state index is 13.7. The summed E-state index contributed by atoms with van der Waals surface area (Å²) >= 11 is 5.61. The number of benzene rings is 3. The highest BCUT2D eigenvalue weighted by Crippen LogP contribution is 2.29. The van der Waals surface area contributed by atoms with Crippen LogP contribution in [0.5, 0.6) is 0 Å². The maximum Gasteiger partial charge on any atom is 0.270 e. The molecule has 4 aromatic rings. The molecular formula is C30H27N3O2S. The highest BCUT2D eigenvalue weighted by atomic mass is 32.1. The Balaban J connectivity index is 1.60. The summed E-state index contributed by atoms with van der Waals surface area (Å²) < 4.78 is 2.16. The van der Waals surface area contributed by atoms with Gasteiger partial charge in [0.15, 0.2) is 5.11 Å². The molecule has 1 fully saturated rings. The zero-order chi connectivity index (χ0) is 25.2. The lowest BCUT2D eigenvalue weighted by Gasteiger charge is -2.36. The Bertz CT molecular complexity index is 1490. The lowest BCUT2D eigenvalue weighted by atomic mass is 10.0. The molecule has 0 bridgehead atoms. The van der Waals surface area contributed by atoms with E-state index in [0.29, 0.717) is 18.8 Å². The molecule has 5 rings (SSSR count). The summed E-state index contributed by atoms with van der Waals surface area (Å²) in [6.07, 6.45) is 4.47. The largest absolute Gasteiger partial charge is 0.342 e. The van der Waals surface area contributed by atoms with Crippen molar-refractivity contribution in [3.8, 4) is 0 Å². The van der Waals surface area contributed by atoms with Crippen molar-refractivity contribution in [2.24, 2.45) is 0 Å². The molecule has 0 spiro atoms. The number of aryl methyl sites for hydroxylation is 1. The molecule has 0 saturated carbocycles. The minimum Gasteiger partial charge on any atom is -0.342 e. The van der Waals surface area contributed by atoms with E-state index >= 15 is 0 Å². The van der Waals surface area contributed by atoms with Gasteiger partial charge in [-0.1, -0.05) is 73.2 Å². The summed E-state index contributed by atoms with van der Waals surface area (Å²) in [6.45, 7) is 5.19. The number of hydrogen-bond donors (Lipinski definition) is 0. The van der Waals surface area contributed by atoms with Crippen LogP contribution >= 0.6 is 12.2 Å². The van der Waals surface area contributed by atoms with Crippen LogP contribution in [0, 0.1) is 6.92 Å². The first-order valence-corrected chi connectivity index (χ1v) is 12.5. The standard InChI is InChI=1S/C30H27N3O2S/c1-3-17-32-28(34)26(29(35)33(30(32)36)24-9-5-4-6-10-24)18-23-20-31(27-12-8-7-11-25(23)27)19-22-15-13-21(2)14-16-22/h4-16,18,20H,3,17,19H2,1-2H3/b26-18+. The fourth-order valence-electron chi connectivity index (χ4n) is 4.57. The second-order valence-electron chi connectivity index (χ2n) is 8.99. The molecule has 5 nitrogen and oxygen atoms in total. The molecule has 180 valence electrons. The predicted octanol–water partition coefficient (Wildman–Crippen LogP) is 5.95. The van der Waals surface area contributed by atoms with Crippen LogP contribution < -0.4 is 4.90 Å². The summed E-state index contributed by atoms with van der Waals surface area (Å²) in [5.41, 5.74) is 5.02.